The normalized spacial score (nSPS) is 10.9. The predicted molar refractivity (Wildman–Crippen MR) is 70.1 cm³/mol. The van der Waals surface area contributed by atoms with E-state index in [4.69, 9.17) is 23.1 Å². The molecule has 0 aliphatic heterocycles. The largest absolute Gasteiger partial charge is 0.384 e. The molecule has 0 radical (unpaired) electrons. The molecule has 0 unspecified atom stereocenters. The monoisotopic (exact) mass is 260 g/mol. The Labute approximate surface area is 107 Å². The highest BCUT2D eigenvalue weighted by atomic mass is 35.5. The van der Waals surface area contributed by atoms with Gasteiger partial charge in [0.1, 0.15) is 17.2 Å². The van der Waals surface area contributed by atoms with Crippen LogP contribution in [0.2, 0.25) is 5.02 Å². The van der Waals surface area contributed by atoms with Crippen LogP contribution in [0.1, 0.15) is 0 Å². The third kappa shape index (κ3) is 1.63. The Morgan fingerprint density at radius 2 is 2.00 bits per heavy atom. The summed E-state index contributed by atoms with van der Waals surface area (Å²) in [6.07, 6.45) is 4.80. The molecule has 18 heavy (non-hydrogen) atoms. The summed E-state index contributed by atoms with van der Waals surface area (Å²) in [6.45, 7) is 0. The van der Waals surface area contributed by atoms with Crippen molar-refractivity contribution in [2.75, 3.05) is 11.5 Å². The van der Waals surface area contributed by atoms with Crippen LogP contribution in [0.4, 0.5) is 11.6 Å². The zero-order chi connectivity index (χ0) is 12.7. The van der Waals surface area contributed by atoms with E-state index < -0.39 is 0 Å². The van der Waals surface area contributed by atoms with Crippen LogP contribution in [0.3, 0.4) is 0 Å². The van der Waals surface area contributed by atoms with Gasteiger partial charge in [0.15, 0.2) is 0 Å². The molecule has 0 fully saturated rings. The lowest BCUT2D eigenvalue weighted by Gasteiger charge is -2.00. The molecule has 0 aliphatic carbocycles. The van der Waals surface area contributed by atoms with Gasteiger partial charge in [-0.3, -0.25) is 0 Å². The lowest BCUT2D eigenvalue weighted by atomic mass is 10.2. The Morgan fingerprint density at radius 3 is 2.78 bits per heavy atom. The highest BCUT2D eigenvalue weighted by Crippen LogP contribution is 2.29. The quantitative estimate of drug-likeness (QED) is 0.693. The van der Waals surface area contributed by atoms with Crippen LogP contribution in [-0.2, 0) is 0 Å². The van der Waals surface area contributed by atoms with Gasteiger partial charge < -0.3 is 11.5 Å². The number of anilines is 2. The molecule has 0 spiro atoms. The Bertz CT molecular complexity index is 735. The highest BCUT2D eigenvalue weighted by Gasteiger charge is 2.11. The van der Waals surface area contributed by atoms with E-state index in [2.05, 4.69) is 15.1 Å². The van der Waals surface area contributed by atoms with Gasteiger partial charge in [0.25, 0.3) is 0 Å². The fourth-order valence-corrected chi connectivity index (χ4v) is 1.93. The maximum atomic E-state index is 6.08. The first kappa shape index (κ1) is 10.8. The fraction of sp³-hybridized carbons (Fsp3) is 0. The van der Waals surface area contributed by atoms with Crippen LogP contribution < -0.4 is 11.5 Å². The van der Waals surface area contributed by atoms with Crippen LogP contribution in [0.15, 0.2) is 30.7 Å². The second-order valence-electron chi connectivity index (χ2n) is 3.76. The molecule has 0 aliphatic rings. The maximum Gasteiger partial charge on any atom is 0.149 e. The Balaban J connectivity index is 2.26. The van der Waals surface area contributed by atoms with Gasteiger partial charge in [-0.05, 0) is 12.1 Å². The average molecular weight is 261 g/mol. The summed E-state index contributed by atoms with van der Waals surface area (Å²) >= 11 is 6.08. The molecule has 90 valence electrons. The molecular weight excluding hydrogens is 252 g/mol. The number of nitrogens with zero attached hydrogens (tertiary/aromatic N) is 4. The van der Waals surface area contributed by atoms with Crippen LogP contribution in [-0.4, -0.2) is 19.6 Å². The number of pyridine rings is 1. The van der Waals surface area contributed by atoms with Crippen LogP contribution in [0.5, 0.6) is 0 Å². The van der Waals surface area contributed by atoms with E-state index in [1.807, 2.05) is 6.07 Å². The average Bonchev–Trinajstić information content (AvgIpc) is 2.77. The van der Waals surface area contributed by atoms with Gasteiger partial charge in [-0.2, -0.15) is 5.10 Å². The number of rotatable bonds is 1. The summed E-state index contributed by atoms with van der Waals surface area (Å²) in [4.78, 5) is 7.91. The molecule has 0 bridgehead atoms. The molecule has 0 aromatic carbocycles. The molecule has 3 heterocycles. The second kappa shape index (κ2) is 3.85. The summed E-state index contributed by atoms with van der Waals surface area (Å²) in [7, 11) is 0. The minimum Gasteiger partial charge on any atom is -0.384 e. The van der Waals surface area contributed by atoms with Crippen molar-refractivity contribution < 1.29 is 0 Å². The molecule has 7 heteroatoms. The first-order valence-electron chi connectivity index (χ1n) is 5.16. The highest BCUT2D eigenvalue weighted by molar-refractivity contribution is 6.33. The third-order valence-corrected chi connectivity index (χ3v) is 2.87. The van der Waals surface area contributed by atoms with E-state index in [9.17, 15) is 0 Å². The van der Waals surface area contributed by atoms with E-state index in [1.54, 1.807) is 23.0 Å². The molecule has 3 rings (SSSR count). The zero-order valence-electron chi connectivity index (χ0n) is 9.21. The van der Waals surface area contributed by atoms with Crippen LogP contribution in [0.25, 0.3) is 16.8 Å². The Kier molecular flexibility index (Phi) is 2.31. The molecule has 6 nitrogen and oxygen atoms in total. The van der Waals surface area contributed by atoms with E-state index >= 15 is 0 Å². The number of fused-ring (bicyclic) bond motifs is 1. The number of nitrogen functional groups attached to an aromatic ring is 2. The second-order valence-corrected chi connectivity index (χ2v) is 4.17. The fourth-order valence-electron chi connectivity index (χ4n) is 1.73. The van der Waals surface area contributed by atoms with Crippen LogP contribution in [0, 0.1) is 0 Å². The lowest BCUT2D eigenvalue weighted by Crippen LogP contribution is -1.95. The van der Waals surface area contributed by atoms with Crippen molar-refractivity contribution in [2.45, 2.75) is 0 Å². The number of aromatic nitrogens is 4. The summed E-state index contributed by atoms with van der Waals surface area (Å²) in [5.74, 6) is 0.798. The minimum atomic E-state index is 0.387. The van der Waals surface area contributed by atoms with Crippen molar-refractivity contribution in [1.29, 1.82) is 0 Å². The first-order chi connectivity index (χ1) is 8.65. The van der Waals surface area contributed by atoms with Crippen molar-refractivity contribution in [2.24, 2.45) is 0 Å². The summed E-state index contributed by atoms with van der Waals surface area (Å²) < 4.78 is 1.64. The summed E-state index contributed by atoms with van der Waals surface area (Å²) in [5, 5.41) is 4.86. The van der Waals surface area contributed by atoms with Gasteiger partial charge in [0, 0.05) is 24.2 Å². The number of halogens is 1. The van der Waals surface area contributed by atoms with Crippen molar-refractivity contribution in [3.63, 3.8) is 0 Å². The molecular formula is C11H9ClN6. The van der Waals surface area contributed by atoms with Gasteiger partial charge in [-0.1, -0.05) is 11.6 Å². The van der Waals surface area contributed by atoms with Crippen molar-refractivity contribution in [3.8, 4) is 11.3 Å². The van der Waals surface area contributed by atoms with E-state index in [0.29, 0.717) is 27.9 Å². The van der Waals surface area contributed by atoms with Gasteiger partial charge in [0.2, 0.25) is 0 Å². The SMILES string of the molecule is Nc1cc(-c2cc3c(N)nccn3n2)c(Cl)cn1. The lowest BCUT2D eigenvalue weighted by molar-refractivity contribution is 0.953. The van der Waals surface area contributed by atoms with E-state index in [-0.39, 0.29) is 0 Å². The first-order valence-corrected chi connectivity index (χ1v) is 5.54. The van der Waals surface area contributed by atoms with Gasteiger partial charge in [0.05, 0.1) is 10.7 Å². The molecule has 4 N–H and O–H groups in total. The Morgan fingerprint density at radius 1 is 1.17 bits per heavy atom. The predicted octanol–water partition coefficient (Wildman–Crippen LogP) is 1.61. The standard InChI is InChI=1S/C11H9ClN6/c12-7-5-16-10(13)3-6(7)8-4-9-11(14)15-1-2-18(9)17-8/h1-5H,(H2,13,16)(H2,14,15). The Hall–Kier alpha value is -2.34. The van der Waals surface area contributed by atoms with Gasteiger partial charge in [-0.25, -0.2) is 14.5 Å². The number of hydrogen-bond acceptors (Lipinski definition) is 5. The van der Waals surface area contributed by atoms with Gasteiger partial charge >= 0.3 is 0 Å². The van der Waals surface area contributed by atoms with Crippen LogP contribution >= 0.6 is 11.6 Å². The maximum absolute atomic E-state index is 6.08. The van der Waals surface area contributed by atoms with E-state index in [0.717, 1.165) is 5.52 Å². The smallest absolute Gasteiger partial charge is 0.149 e. The van der Waals surface area contributed by atoms with Crippen molar-refractivity contribution in [3.05, 3.63) is 35.7 Å². The third-order valence-electron chi connectivity index (χ3n) is 2.57. The number of nitrogens with two attached hydrogens (primary N) is 2. The molecule has 0 saturated heterocycles. The van der Waals surface area contributed by atoms with Crippen molar-refractivity contribution in [1.82, 2.24) is 19.6 Å². The molecule has 3 aromatic heterocycles. The summed E-state index contributed by atoms with van der Waals surface area (Å²) in [6, 6.07) is 3.48. The van der Waals surface area contributed by atoms with Gasteiger partial charge in [-0.15, -0.1) is 0 Å². The summed E-state index contributed by atoms with van der Waals surface area (Å²) in [5.41, 5.74) is 13.5. The molecule has 3 aromatic rings. The molecule has 0 amide bonds. The molecule has 0 saturated carbocycles. The minimum absolute atomic E-state index is 0.387. The topological polar surface area (TPSA) is 95.1 Å². The number of hydrogen-bond donors (Lipinski definition) is 2. The van der Waals surface area contributed by atoms with Crippen molar-refractivity contribution >= 4 is 28.8 Å². The van der Waals surface area contributed by atoms with E-state index in [1.165, 1.54) is 6.20 Å². The molecule has 0 atom stereocenters. The zero-order valence-corrected chi connectivity index (χ0v) is 9.96.